The summed E-state index contributed by atoms with van der Waals surface area (Å²) >= 11 is 0. The summed E-state index contributed by atoms with van der Waals surface area (Å²) in [6.45, 7) is 6.65. The second-order valence-corrected chi connectivity index (χ2v) is 7.11. The predicted octanol–water partition coefficient (Wildman–Crippen LogP) is 2.05. The maximum Gasteiger partial charge on any atom is 0.316 e. The van der Waals surface area contributed by atoms with Gasteiger partial charge in [0, 0.05) is 44.1 Å². The number of rotatable bonds is 7. The number of carbonyl (C=O) groups is 1. The first-order valence-electron chi connectivity index (χ1n) is 9.51. The largest absolute Gasteiger partial charge is 0.491 e. The molecule has 3 rings (SSSR count). The molecule has 0 aliphatic carbocycles. The highest BCUT2D eigenvalue weighted by molar-refractivity contribution is 5.87. The number of β-amino-alcohol motifs (C(OH)–C–C–N with tert-alkyl or cyclic N) is 1. The van der Waals surface area contributed by atoms with Crippen molar-refractivity contribution in [2.24, 2.45) is 5.73 Å². The second kappa shape index (κ2) is 9.43. The molecule has 1 fully saturated rings. The van der Waals surface area contributed by atoms with Crippen LogP contribution in [0.5, 0.6) is 5.75 Å². The van der Waals surface area contributed by atoms with Gasteiger partial charge in [0.15, 0.2) is 0 Å². The number of primary amides is 1. The lowest BCUT2D eigenvalue weighted by molar-refractivity contribution is 0.0663. The van der Waals surface area contributed by atoms with Gasteiger partial charge < -0.3 is 25.8 Å². The van der Waals surface area contributed by atoms with Crippen LogP contribution in [-0.4, -0.2) is 61.5 Å². The van der Waals surface area contributed by atoms with Crippen LogP contribution in [0, 0.1) is 6.92 Å². The third kappa shape index (κ3) is 5.87. The molecule has 0 radical (unpaired) electrons. The number of anilines is 2. The van der Waals surface area contributed by atoms with E-state index in [9.17, 15) is 9.90 Å². The summed E-state index contributed by atoms with van der Waals surface area (Å²) in [6.07, 6.45) is -0.561. The van der Waals surface area contributed by atoms with E-state index in [2.05, 4.69) is 46.3 Å². The van der Waals surface area contributed by atoms with Crippen molar-refractivity contribution in [1.29, 1.82) is 0 Å². The first kappa shape index (κ1) is 20.0. The summed E-state index contributed by atoms with van der Waals surface area (Å²) in [6, 6.07) is 14.8. The van der Waals surface area contributed by atoms with Crippen LogP contribution in [0.15, 0.2) is 48.5 Å². The Morgan fingerprint density at radius 2 is 1.89 bits per heavy atom. The number of aliphatic hydroxyl groups excluding tert-OH is 1. The van der Waals surface area contributed by atoms with Crippen molar-refractivity contribution in [3.05, 3.63) is 54.1 Å². The molecule has 7 heteroatoms. The number of hydrogen-bond acceptors (Lipinski definition) is 5. The minimum Gasteiger partial charge on any atom is -0.491 e. The molecule has 2 aromatic rings. The van der Waals surface area contributed by atoms with E-state index in [0.717, 1.165) is 26.2 Å². The smallest absolute Gasteiger partial charge is 0.316 e. The third-order valence-electron chi connectivity index (χ3n) is 4.77. The van der Waals surface area contributed by atoms with Gasteiger partial charge in [0.05, 0.1) is 0 Å². The van der Waals surface area contributed by atoms with Crippen LogP contribution in [0.2, 0.25) is 0 Å². The molecule has 2 amide bonds. The van der Waals surface area contributed by atoms with E-state index in [4.69, 9.17) is 10.5 Å². The van der Waals surface area contributed by atoms with Gasteiger partial charge in [-0.3, -0.25) is 4.90 Å². The molecule has 1 aliphatic heterocycles. The predicted molar refractivity (Wildman–Crippen MR) is 111 cm³/mol. The van der Waals surface area contributed by atoms with Gasteiger partial charge >= 0.3 is 6.03 Å². The minimum absolute atomic E-state index is 0.223. The van der Waals surface area contributed by atoms with Crippen molar-refractivity contribution in [2.45, 2.75) is 13.0 Å². The minimum atomic E-state index is -0.605. The topological polar surface area (TPSA) is 91.1 Å². The molecule has 28 heavy (non-hydrogen) atoms. The molecule has 0 aromatic heterocycles. The Hall–Kier alpha value is -2.77. The van der Waals surface area contributed by atoms with E-state index >= 15 is 0 Å². The van der Waals surface area contributed by atoms with Crippen molar-refractivity contribution in [1.82, 2.24) is 4.90 Å². The van der Waals surface area contributed by atoms with Crippen molar-refractivity contribution >= 4 is 17.4 Å². The van der Waals surface area contributed by atoms with E-state index in [1.807, 2.05) is 0 Å². The van der Waals surface area contributed by atoms with Crippen molar-refractivity contribution in [3.63, 3.8) is 0 Å². The number of hydrogen-bond donors (Lipinski definition) is 3. The van der Waals surface area contributed by atoms with Crippen LogP contribution in [-0.2, 0) is 0 Å². The maximum absolute atomic E-state index is 10.8. The summed E-state index contributed by atoms with van der Waals surface area (Å²) in [5, 5.41) is 12.8. The van der Waals surface area contributed by atoms with Crippen molar-refractivity contribution in [2.75, 3.05) is 49.5 Å². The van der Waals surface area contributed by atoms with Crippen LogP contribution in [0.4, 0.5) is 16.2 Å². The number of benzene rings is 2. The van der Waals surface area contributed by atoms with E-state index in [0.29, 0.717) is 18.0 Å². The Labute approximate surface area is 165 Å². The Bertz CT molecular complexity index is 773. The molecular formula is C21H28N4O3. The van der Waals surface area contributed by atoms with Gasteiger partial charge in [-0.15, -0.1) is 0 Å². The number of nitrogens with two attached hydrogens (primary N) is 1. The zero-order valence-corrected chi connectivity index (χ0v) is 16.2. The number of piperazine rings is 1. The quantitative estimate of drug-likeness (QED) is 0.680. The van der Waals surface area contributed by atoms with Gasteiger partial charge in [-0.1, -0.05) is 12.1 Å². The number of urea groups is 1. The average Bonchev–Trinajstić information content (AvgIpc) is 2.68. The zero-order valence-electron chi connectivity index (χ0n) is 16.2. The molecule has 2 aromatic carbocycles. The van der Waals surface area contributed by atoms with Crippen molar-refractivity contribution in [3.8, 4) is 5.75 Å². The first-order valence-corrected chi connectivity index (χ1v) is 9.51. The third-order valence-corrected chi connectivity index (χ3v) is 4.77. The molecule has 1 atom stereocenters. The van der Waals surface area contributed by atoms with Gasteiger partial charge in [0.2, 0.25) is 0 Å². The van der Waals surface area contributed by atoms with Crippen molar-refractivity contribution < 1.29 is 14.6 Å². The average molecular weight is 384 g/mol. The molecule has 0 spiro atoms. The Morgan fingerprint density at radius 1 is 1.18 bits per heavy atom. The van der Waals surface area contributed by atoms with E-state index in [-0.39, 0.29) is 6.61 Å². The van der Waals surface area contributed by atoms with Crippen LogP contribution in [0.1, 0.15) is 5.56 Å². The molecule has 1 heterocycles. The van der Waals surface area contributed by atoms with Crippen LogP contribution >= 0.6 is 0 Å². The SMILES string of the molecule is Cc1cccc(N2CCN(CC(O)COc3ccc(NC(N)=O)cc3)CC2)c1. The molecule has 1 saturated heterocycles. The van der Waals surface area contributed by atoms with Gasteiger partial charge in [-0.05, 0) is 48.9 Å². The zero-order chi connectivity index (χ0) is 19.9. The number of nitrogens with one attached hydrogen (secondary N) is 1. The standard InChI is InChI=1S/C21H28N4O3/c1-16-3-2-4-18(13-16)25-11-9-24(10-12-25)14-19(26)15-28-20-7-5-17(6-8-20)23-21(22)27/h2-8,13,19,26H,9-12,14-15H2,1H3,(H3,22,23,27). The van der Waals surface area contributed by atoms with Crippen LogP contribution in [0.25, 0.3) is 0 Å². The van der Waals surface area contributed by atoms with Gasteiger partial charge in [-0.2, -0.15) is 0 Å². The Morgan fingerprint density at radius 3 is 2.54 bits per heavy atom. The molecular weight excluding hydrogens is 356 g/mol. The lowest BCUT2D eigenvalue weighted by atomic mass is 10.2. The highest BCUT2D eigenvalue weighted by Crippen LogP contribution is 2.18. The summed E-state index contributed by atoms with van der Waals surface area (Å²) in [5.74, 6) is 0.637. The molecule has 4 N–H and O–H groups in total. The van der Waals surface area contributed by atoms with Gasteiger partial charge in [-0.25, -0.2) is 4.79 Å². The molecule has 0 bridgehead atoms. The lowest BCUT2D eigenvalue weighted by Gasteiger charge is -2.37. The molecule has 150 valence electrons. The second-order valence-electron chi connectivity index (χ2n) is 7.11. The number of carbonyl (C=O) groups excluding carboxylic acids is 1. The van der Waals surface area contributed by atoms with Gasteiger partial charge in [0.1, 0.15) is 18.5 Å². The fraction of sp³-hybridized carbons (Fsp3) is 0.381. The van der Waals surface area contributed by atoms with Crippen LogP contribution in [0.3, 0.4) is 0 Å². The monoisotopic (exact) mass is 384 g/mol. The summed E-state index contributed by atoms with van der Waals surface area (Å²) in [5.41, 5.74) is 8.21. The normalized spacial score (nSPS) is 15.9. The molecule has 0 saturated carbocycles. The number of ether oxygens (including phenoxy) is 1. The molecule has 1 unspecified atom stereocenters. The number of nitrogens with zero attached hydrogens (tertiary/aromatic N) is 2. The summed E-state index contributed by atoms with van der Waals surface area (Å²) in [7, 11) is 0. The highest BCUT2D eigenvalue weighted by Gasteiger charge is 2.19. The van der Waals surface area contributed by atoms with Gasteiger partial charge in [0.25, 0.3) is 0 Å². The van der Waals surface area contributed by atoms with Crippen LogP contribution < -0.4 is 20.7 Å². The fourth-order valence-corrected chi connectivity index (χ4v) is 3.33. The van der Waals surface area contributed by atoms with E-state index in [1.54, 1.807) is 24.3 Å². The fourth-order valence-electron chi connectivity index (χ4n) is 3.33. The lowest BCUT2D eigenvalue weighted by Crippen LogP contribution is -2.49. The Balaban J connectivity index is 1.39. The molecule has 7 nitrogen and oxygen atoms in total. The Kier molecular flexibility index (Phi) is 6.73. The number of aryl methyl sites for hydroxylation is 1. The highest BCUT2D eigenvalue weighted by atomic mass is 16.5. The number of aliphatic hydroxyl groups is 1. The van der Waals surface area contributed by atoms with E-state index < -0.39 is 12.1 Å². The first-order chi connectivity index (χ1) is 13.5. The van der Waals surface area contributed by atoms with E-state index in [1.165, 1.54) is 11.3 Å². The summed E-state index contributed by atoms with van der Waals surface area (Å²) in [4.78, 5) is 15.5. The number of amides is 2. The maximum atomic E-state index is 10.8. The molecule has 1 aliphatic rings. The summed E-state index contributed by atoms with van der Waals surface area (Å²) < 4.78 is 5.64.